The van der Waals surface area contributed by atoms with E-state index in [9.17, 15) is 0 Å². The Hall–Kier alpha value is -7.89. The molecule has 5 heteroatoms. The second kappa shape index (κ2) is 12.8. The first-order valence-electron chi connectivity index (χ1n) is 19.6. The molecule has 12 rings (SSSR count). The molecule has 12 aromatic rings. The van der Waals surface area contributed by atoms with Gasteiger partial charge in [-0.2, -0.15) is 0 Å². The molecular weight excluding hydrogens is 707 g/mol. The number of hydrogen-bond donors (Lipinski definition) is 0. The van der Waals surface area contributed by atoms with Crippen LogP contribution in [0.1, 0.15) is 0 Å². The molecule has 0 spiro atoms. The third-order valence-electron chi connectivity index (χ3n) is 11.5. The third kappa shape index (κ3) is 5.07. The van der Waals surface area contributed by atoms with Crippen molar-refractivity contribution in [3.8, 4) is 45.5 Å². The maximum Gasteiger partial charge on any atom is 0.164 e. The second-order valence-electron chi connectivity index (χ2n) is 14.9. The predicted molar refractivity (Wildman–Crippen MR) is 240 cm³/mol. The van der Waals surface area contributed by atoms with Crippen molar-refractivity contribution in [2.75, 3.05) is 0 Å². The summed E-state index contributed by atoms with van der Waals surface area (Å²) in [4.78, 5) is 15.6. The Labute approximate surface area is 333 Å². The zero-order valence-corrected chi connectivity index (χ0v) is 31.3. The van der Waals surface area contributed by atoms with E-state index in [1.165, 1.54) is 32.4 Å². The smallest absolute Gasteiger partial charge is 0.164 e. The van der Waals surface area contributed by atoms with Gasteiger partial charge in [0, 0.05) is 49.6 Å². The monoisotopic (exact) mass is 739 g/mol. The summed E-state index contributed by atoms with van der Waals surface area (Å²) < 4.78 is 4.80. The van der Waals surface area contributed by atoms with E-state index in [4.69, 9.17) is 15.0 Å². The number of para-hydroxylation sites is 3. The van der Waals surface area contributed by atoms with Gasteiger partial charge in [-0.1, -0.05) is 146 Å². The molecule has 0 atom stereocenters. The molecule has 0 bridgehead atoms. The van der Waals surface area contributed by atoms with Gasteiger partial charge < -0.3 is 9.13 Å². The van der Waals surface area contributed by atoms with Crippen LogP contribution in [-0.2, 0) is 0 Å². The van der Waals surface area contributed by atoms with Gasteiger partial charge in [0.1, 0.15) is 0 Å². The number of rotatable bonds is 5. The van der Waals surface area contributed by atoms with Gasteiger partial charge in [0.2, 0.25) is 0 Å². The highest BCUT2D eigenvalue weighted by molar-refractivity contribution is 6.19. The molecule has 0 amide bonds. The third-order valence-corrected chi connectivity index (χ3v) is 11.5. The van der Waals surface area contributed by atoms with Crippen molar-refractivity contribution in [1.29, 1.82) is 0 Å². The molecule has 58 heavy (non-hydrogen) atoms. The van der Waals surface area contributed by atoms with Gasteiger partial charge in [-0.3, -0.25) is 0 Å². The number of benzene rings is 9. The molecule has 0 N–H and O–H groups in total. The normalized spacial score (nSPS) is 11.8. The summed E-state index contributed by atoms with van der Waals surface area (Å²) >= 11 is 0. The summed E-state index contributed by atoms with van der Waals surface area (Å²) in [7, 11) is 0. The number of aromatic nitrogens is 5. The molecule has 9 aromatic carbocycles. The summed E-state index contributed by atoms with van der Waals surface area (Å²) in [5.41, 5.74) is 9.62. The molecule has 0 aliphatic carbocycles. The van der Waals surface area contributed by atoms with Gasteiger partial charge in [0.15, 0.2) is 17.5 Å². The Morgan fingerprint density at radius 2 is 0.810 bits per heavy atom. The molecule has 5 nitrogen and oxygen atoms in total. The van der Waals surface area contributed by atoms with E-state index in [1.807, 2.05) is 18.2 Å². The van der Waals surface area contributed by atoms with E-state index in [0.717, 1.165) is 60.8 Å². The Kier molecular flexibility index (Phi) is 7.16. The summed E-state index contributed by atoms with van der Waals surface area (Å²) in [5, 5.41) is 9.38. The van der Waals surface area contributed by atoms with E-state index >= 15 is 0 Å². The second-order valence-corrected chi connectivity index (χ2v) is 14.9. The van der Waals surface area contributed by atoms with E-state index in [1.54, 1.807) is 0 Å². The predicted octanol–water partition coefficient (Wildman–Crippen LogP) is 13.4. The minimum absolute atomic E-state index is 0.627. The number of hydrogen-bond acceptors (Lipinski definition) is 3. The first kappa shape index (κ1) is 32.4. The van der Waals surface area contributed by atoms with Crippen molar-refractivity contribution in [2.45, 2.75) is 0 Å². The van der Waals surface area contributed by atoms with Crippen LogP contribution in [0, 0.1) is 0 Å². The molecule has 0 aliphatic rings. The lowest BCUT2D eigenvalue weighted by Gasteiger charge is -2.15. The summed E-state index contributed by atoms with van der Waals surface area (Å²) in [5.74, 6) is 1.90. The van der Waals surface area contributed by atoms with Gasteiger partial charge >= 0.3 is 0 Å². The van der Waals surface area contributed by atoms with Gasteiger partial charge in [-0.15, -0.1) is 0 Å². The summed E-state index contributed by atoms with van der Waals surface area (Å²) in [6.07, 6.45) is 0. The quantitative estimate of drug-likeness (QED) is 0.177. The van der Waals surface area contributed by atoms with Crippen LogP contribution in [0.3, 0.4) is 0 Å². The molecule has 0 fully saturated rings. The topological polar surface area (TPSA) is 48.5 Å². The highest BCUT2D eigenvalue weighted by Crippen LogP contribution is 2.41. The fourth-order valence-electron chi connectivity index (χ4n) is 8.84. The van der Waals surface area contributed by atoms with Gasteiger partial charge in [0.05, 0.1) is 22.1 Å². The number of nitrogens with zero attached hydrogens (tertiary/aromatic N) is 5. The van der Waals surface area contributed by atoms with Crippen molar-refractivity contribution in [3.63, 3.8) is 0 Å². The summed E-state index contributed by atoms with van der Waals surface area (Å²) in [6.45, 7) is 0. The minimum Gasteiger partial charge on any atom is -0.309 e. The lowest BCUT2D eigenvalue weighted by molar-refractivity contribution is 1.07. The van der Waals surface area contributed by atoms with Crippen LogP contribution in [0.25, 0.3) is 111 Å². The van der Waals surface area contributed by atoms with Crippen molar-refractivity contribution in [1.82, 2.24) is 24.1 Å². The highest BCUT2D eigenvalue weighted by atomic mass is 15.0. The first-order valence-corrected chi connectivity index (χ1v) is 19.6. The lowest BCUT2D eigenvalue weighted by atomic mass is 10.0. The van der Waals surface area contributed by atoms with Crippen molar-refractivity contribution < 1.29 is 0 Å². The Bertz CT molecular complexity index is 3560. The minimum atomic E-state index is 0.627. The SMILES string of the molecule is c1ccc(-c2nc(-c3ccc4ccccc4c3)nc(-c3cc(-n4c5ccccc5c5cc6c7ccccc7n(-c7ccccc7)c6cc54)cc4ccccc34)n2)cc1. The van der Waals surface area contributed by atoms with Crippen LogP contribution in [0.5, 0.6) is 0 Å². The van der Waals surface area contributed by atoms with Crippen molar-refractivity contribution in [2.24, 2.45) is 0 Å². The van der Waals surface area contributed by atoms with Gasteiger partial charge in [-0.25, -0.2) is 15.0 Å². The van der Waals surface area contributed by atoms with Crippen molar-refractivity contribution in [3.05, 3.63) is 200 Å². The first-order chi connectivity index (χ1) is 28.7. The Balaban J connectivity index is 1.15. The van der Waals surface area contributed by atoms with Crippen LogP contribution in [0.15, 0.2) is 200 Å². The molecule has 0 unspecified atom stereocenters. The molecule has 270 valence electrons. The molecule has 0 saturated carbocycles. The maximum absolute atomic E-state index is 5.28. The van der Waals surface area contributed by atoms with Gasteiger partial charge in [0.25, 0.3) is 0 Å². The van der Waals surface area contributed by atoms with E-state index in [0.29, 0.717) is 17.5 Å². The van der Waals surface area contributed by atoms with Crippen LogP contribution in [0.2, 0.25) is 0 Å². The lowest BCUT2D eigenvalue weighted by Crippen LogP contribution is -2.02. The Morgan fingerprint density at radius 3 is 1.52 bits per heavy atom. The molecule has 0 radical (unpaired) electrons. The van der Waals surface area contributed by atoms with Crippen LogP contribution >= 0.6 is 0 Å². The zero-order chi connectivity index (χ0) is 38.2. The van der Waals surface area contributed by atoms with E-state index in [-0.39, 0.29) is 0 Å². The molecule has 3 aromatic heterocycles. The molecule has 0 saturated heterocycles. The maximum atomic E-state index is 5.28. The molecule has 0 aliphatic heterocycles. The molecule has 3 heterocycles. The highest BCUT2D eigenvalue weighted by Gasteiger charge is 2.21. The van der Waals surface area contributed by atoms with Crippen LogP contribution in [-0.4, -0.2) is 24.1 Å². The zero-order valence-electron chi connectivity index (χ0n) is 31.3. The Morgan fingerprint density at radius 1 is 0.276 bits per heavy atom. The fraction of sp³-hybridized carbons (Fsp3) is 0. The van der Waals surface area contributed by atoms with Gasteiger partial charge in [-0.05, 0) is 76.1 Å². The van der Waals surface area contributed by atoms with Crippen molar-refractivity contribution >= 4 is 65.2 Å². The van der Waals surface area contributed by atoms with Crippen LogP contribution in [0.4, 0.5) is 0 Å². The van der Waals surface area contributed by atoms with Crippen LogP contribution < -0.4 is 0 Å². The average molecular weight is 740 g/mol. The summed E-state index contributed by atoms with van der Waals surface area (Å²) in [6, 6.07) is 71.0. The van der Waals surface area contributed by atoms with E-state index in [2.05, 4.69) is 191 Å². The average Bonchev–Trinajstić information content (AvgIpc) is 3.80. The standard InChI is InChI=1S/C53H33N5/c1-3-16-35(17-4-1)51-54-52(38-28-27-34-15-7-8-18-36(34)29-38)56-53(55-51)46-31-40(30-37-19-9-10-22-41(37)46)58-48-26-14-12-24-43(48)45-32-44-42-23-11-13-25-47(42)57(49(44)33-50(45)58)39-20-5-2-6-21-39/h1-33H. The fourth-order valence-corrected chi connectivity index (χ4v) is 8.84. The molecular formula is C53H33N5. The van der Waals surface area contributed by atoms with E-state index < -0.39 is 0 Å². The number of fused-ring (bicyclic) bond motifs is 8. The largest absolute Gasteiger partial charge is 0.309 e.